The molecule has 1 aromatic carbocycles. The van der Waals surface area contributed by atoms with Crippen LogP contribution >= 0.6 is 0 Å². The summed E-state index contributed by atoms with van der Waals surface area (Å²) in [6.07, 6.45) is 0.355. The summed E-state index contributed by atoms with van der Waals surface area (Å²) in [6, 6.07) is 2.91. The van der Waals surface area contributed by atoms with Gasteiger partial charge in [0.15, 0.2) is 0 Å². The van der Waals surface area contributed by atoms with Gasteiger partial charge in [-0.05, 0) is 24.1 Å². The van der Waals surface area contributed by atoms with Gasteiger partial charge in [-0.15, -0.1) is 0 Å². The lowest BCUT2D eigenvalue weighted by Gasteiger charge is -2.15. The Bertz CT molecular complexity index is 418. The van der Waals surface area contributed by atoms with Crippen molar-refractivity contribution >= 4 is 5.91 Å². The molecule has 1 rings (SSSR count). The summed E-state index contributed by atoms with van der Waals surface area (Å²) in [4.78, 5) is 11.0. The van der Waals surface area contributed by atoms with Gasteiger partial charge in [0.1, 0.15) is 11.5 Å². The number of carbonyl (C=O) groups is 1. The predicted octanol–water partition coefficient (Wildman–Crippen LogP) is 0.367. The monoisotopic (exact) mass is 238 g/mol. The van der Waals surface area contributed by atoms with E-state index in [1.165, 1.54) is 0 Å². The molecule has 1 aromatic rings. The van der Waals surface area contributed by atoms with Gasteiger partial charge in [-0.2, -0.15) is 0 Å². The van der Waals surface area contributed by atoms with Crippen molar-refractivity contribution in [1.29, 1.82) is 0 Å². The van der Waals surface area contributed by atoms with Crippen molar-refractivity contribution in [3.63, 3.8) is 0 Å². The molecule has 1 unspecified atom stereocenters. The fraction of sp³-hybridized carbons (Fsp3) is 0.417. The average Bonchev–Trinajstić information content (AvgIpc) is 2.30. The second-order valence-electron chi connectivity index (χ2n) is 3.84. The average molecular weight is 238 g/mol. The van der Waals surface area contributed by atoms with E-state index in [2.05, 4.69) is 0 Å². The lowest BCUT2D eigenvalue weighted by molar-refractivity contribution is -0.119. The quantitative estimate of drug-likeness (QED) is 0.775. The molecule has 4 N–H and O–H groups in total. The summed E-state index contributed by atoms with van der Waals surface area (Å²) in [5.41, 5.74) is 12.6. The van der Waals surface area contributed by atoms with Crippen molar-refractivity contribution in [2.24, 2.45) is 11.5 Å². The Balaban J connectivity index is 3.09. The number of primary amides is 1. The number of nitrogens with two attached hydrogens (primary N) is 2. The standard InChI is InChI=1S/C12H18N2O3/c1-7-4-8(16-2)5-11(17-3)9(7)6-10(13)12(14)15/h4-5,10H,6,13H2,1-3H3,(H2,14,15). The largest absolute Gasteiger partial charge is 0.497 e. The SMILES string of the molecule is COc1cc(C)c(CC(N)C(N)=O)c(OC)c1. The first-order valence-electron chi connectivity index (χ1n) is 5.26. The third-order valence-electron chi connectivity index (χ3n) is 2.65. The Morgan fingerprint density at radius 2 is 2.00 bits per heavy atom. The molecule has 1 atom stereocenters. The minimum absolute atomic E-state index is 0.355. The zero-order valence-corrected chi connectivity index (χ0v) is 10.3. The fourth-order valence-electron chi connectivity index (χ4n) is 1.63. The molecule has 5 nitrogen and oxygen atoms in total. The second kappa shape index (κ2) is 5.54. The van der Waals surface area contributed by atoms with E-state index in [1.807, 2.05) is 13.0 Å². The molecular weight excluding hydrogens is 220 g/mol. The summed E-state index contributed by atoms with van der Waals surface area (Å²) in [6.45, 7) is 1.91. The maximum absolute atomic E-state index is 11.0. The summed E-state index contributed by atoms with van der Waals surface area (Å²) >= 11 is 0. The molecule has 1 amide bonds. The molecule has 0 radical (unpaired) electrons. The highest BCUT2D eigenvalue weighted by atomic mass is 16.5. The van der Waals surface area contributed by atoms with Crippen LogP contribution in [0.4, 0.5) is 0 Å². The molecule has 0 saturated carbocycles. The van der Waals surface area contributed by atoms with E-state index in [1.54, 1.807) is 20.3 Å². The normalized spacial score (nSPS) is 12.0. The maximum atomic E-state index is 11.0. The topological polar surface area (TPSA) is 87.6 Å². The first-order chi connectivity index (χ1) is 7.99. The first-order valence-corrected chi connectivity index (χ1v) is 5.26. The van der Waals surface area contributed by atoms with E-state index < -0.39 is 11.9 Å². The molecular formula is C12H18N2O3. The van der Waals surface area contributed by atoms with Gasteiger partial charge in [0.25, 0.3) is 0 Å². The van der Waals surface area contributed by atoms with Crippen LogP contribution in [-0.2, 0) is 11.2 Å². The molecule has 0 bridgehead atoms. The second-order valence-corrected chi connectivity index (χ2v) is 3.84. The number of benzene rings is 1. The number of aryl methyl sites for hydroxylation is 1. The highest BCUT2D eigenvalue weighted by Gasteiger charge is 2.16. The summed E-state index contributed by atoms with van der Waals surface area (Å²) < 4.78 is 10.4. The highest BCUT2D eigenvalue weighted by molar-refractivity contribution is 5.80. The number of rotatable bonds is 5. The van der Waals surface area contributed by atoms with Crippen molar-refractivity contribution in [3.05, 3.63) is 23.3 Å². The Kier molecular flexibility index (Phi) is 4.34. The third-order valence-corrected chi connectivity index (χ3v) is 2.65. The Hall–Kier alpha value is -1.75. The van der Waals surface area contributed by atoms with Crippen molar-refractivity contribution < 1.29 is 14.3 Å². The van der Waals surface area contributed by atoms with E-state index in [4.69, 9.17) is 20.9 Å². The summed E-state index contributed by atoms with van der Waals surface area (Å²) in [7, 11) is 3.15. The minimum Gasteiger partial charge on any atom is -0.497 e. The zero-order chi connectivity index (χ0) is 13.0. The van der Waals surface area contributed by atoms with Crippen LogP contribution in [-0.4, -0.2) is 26.2 Å². The summed E-state index contributed by atoms with van der Waals surface area (Å²) in [5, 5.41) is 0. The van der Waals surface area contributed by atoms with Crippen LogP contribution in [0.2, 0.25) is 0 Å². The minimum atomic E-state index is -0.712. The van der Waals surface area contributed by atoms with Crippen LogP contribution < -0.4 is 20.9 Å². The molecule has 0 aliphatic heterocycles. The Morgan fingerprint density at radius 3 is 2.47 bits per heavy atom. The number of hydrogen-bond acceptors (Lipinski definition) is 4. The van der Waals surface area contributed by atoms with Crippen LogP contribution in [0.5, 0.6) is 11.5 Å². The van der Waals surface area contributed by atoms with Gasteiger partial charge in [0, 0.05) is 12.5 Å². The Morgan fingerprint density at radius 1 is 1.35 bits per heavy atom. The van der Waals surface area contributed by atoms with Gasteiger partial charge < -0.3 is 20.9 Å². The molecule has 0 saturated heterocycles. The molecule has 0 spiro atoms. The zero-order valence-electron chi connectivity index (χ0n) is 10.3. The van der Waals surface area contributed by atoms with E-state index in [0.717, 1.165) is 11.1 Å². The summed E-state index contributed by atoms with van der Waals surface area (Å²) in [5.74, 6) is 0.830. The van der Waals surface area contributed by atoms with Crippen molar-refractivity contribution in [1.82, 2.24) is 0 Å². The van der Waals surface area contributed by atoms with Crippen LogP contribution in [0.1, 0.15) is 11.1 Å². The van der Waals surface area contributed by atoms with Gasteiger partial charge in [0.2, 0.25) is 5.91 Å². The van der Waals surface area contributed by atoms with Gasteiger partial charge in [0.05, 0.1) is 20.3 Å². The smallest absolute Gasteiger partial charge is 0.234 e. The van der Waals surface area contributed by atoms with Gasteiger partial charge in [-0.1, -0.05) is 0 Å². The number of ether oxygens (including phenoxy) is 2. The molecule has 0 aliphatic rings. The van der Waals surface area contributed by atoms with E-state index in [-0.39, 0.29) is 0 Å². The molecule has 17 heavy (non-hydrogen) atoms. The fourth-order valence-corrected chi connectivity index (χ4v) is 1.63. The van der Waals surface area contributed by atoms with Crippen LogP contribution in [0, 0.1) is 6.92 Å². The Labute approximate surface area is 101 Å². The predicted molar refractivity (Wildman–Crippen MR) is 65.2 cm³/mol. The molecule has 0 heterocycles. The van der Waals surface area contributed by atoms with Crippen LogP contribution in [0.3, 0.4) is 0 Å². The maximum Gasteiger partial charge on any atom is 0.234 e. The number of carbonyl (C=O) groups excluding carboxylic acids is 1. The molecule has 5 heteroatoms. The first kappa shape index (κ1) is 13.3. The lowest BCUT2D eigenvalue weighted by atomic mass is 9.99. The number of hydrogen-bond donors (Lipinski definition) is 2. The molecule has 0 aliphatic carbocycles. The third kappa shape index (κ3) is 3.10. The lowest BCUT2D eigenvalue weighted by Crippen LogP contribution is -2.38. The number of amides is 1. The van der Waals surface area contributed by atoms with E-state index in [9.17, 15) is 4.79 Å². The van der Waals surface area contributed by atoms with Gasteiger partial charge >= 0.3 is 0 Å². The van der Waals surface area contributed by atoms with Crippen molar-refractivity contribution in [2.45, 2.75) is 19.4 Å². The van der Waals surface area contributed by atoms with Crippen LogP contribution in [0.25, 0.3) is 0 Å². The number of methoxy groups -OCH3 is 2. The molecule has 94 valence electrons. The van der Waals surface area contributed by atoms with Gasteiger partial charge in [-0.3, -0.25) is 4.79 Å². The van der Waals surface area contributed by atoms with E-state index in [0.29, 0.717) is 17.9 Å². The molecule has 0 aromatic heterocycles. The van der Waals surface area contributed by atoms with Gasteiger partial charge in [-0.25, -0.2) is 0 Å². The van der Waals surface area contributed by atoms with Crippen LogP contribution in [0.15, 0.2) is 12.1 Å². The van der Waals surface area contributed by atoms with E-state index >= 15 is 0 Å². The van der Waals surface area contributed by atoms with Crippen molar-refractivity contribution in [2.75, 3.05) is 14.2 Å². The molecule has 0 fully saturated rings. The highest BCUT2D eigenvalue weighted by Crippen LogP contribution is 2.29. The van der Waals surface area contributed by atoms with Crippen molar-refractivity contribution in [3.8, 4) is 11.5 Å².